The highest BCUT2D eigenvalue weighted by Crippen LogP contribution is 2.35. The largest absolute Gasteiger partial charge is 0.365 e. The molecule has 7 nitrogen and oxygen atoms in total. The van der Waals surface area contributed by atoms with Gasteiger partial charge in [-0.2, -0.15) is 0 Å². The Morgan fingerprint density at radius 2 is 1.96 bits per heavy atom. The van der Waals surface area contributed by atoms with Crippen molar-refractivity contribution < 1.29 is 9.59 Å². The molecule has 2 N–H and O–H groups in total. The van der Waals surface area contributed by atoms with Crippen LogP contribution in [0.5, 0.6) is 0 Å². The number of aromatic nitrogens is 1. The number of likely N-dealkylation sites (tertiary alicyclic amines) is 1. The maximum absolute atomic E-state index is 12.2. The number of nitrogens with zero attached hydrogens (tertiary/aromatic N) is 4. The number of likely N-dealkylation sites (N-methyl/N-ethyl adjacent to an activating group) is 1. The van der Waals surface area contributed by atoms with Crippen LogP contribution < -0.4 is 10.6 Å². The van der Waals surface area contributed by atoms with Crippen LogP contribution in [0.15, 0.2) is 6.07 Å². The van der Waals surface area contributed by atoms with Gasteiger partial charge in [-0.15, -0.1) is 0 Å². The van der Waals surface area contributed by atoms with Gasteiger partial charge in [-0.25, -0.2) is 4.98 Å². The van der Waals surface area contributed by atoms with Crippen molar-refractivity contribution in [1.82, 2.24) is 14.8 Å². The average Bonchev–Trinajstić information content (AvgIpc) is 3.07. The molecule has 2 fully saturated rings. The van der Waals surface area contributed by atoms with Crippen LogP contribution in [0.2, 0.25) is 0 Å². The molecular formula is C20H29N5O2. The summed E-state index contributed by atoms with van der Waals surface area (Å²) < 4.78 is 0. The first-order valence-corrected chi connectivity index (χ1v) is 9.92. The highest BCUT2D eigenvalue weighted by atomic mass is 16.2. The van der Waals surface area contributed by atoms with Crippen molar-refractivity contribution >= 4 is 17.6 Å². The molecule has 1 spiro atoms. The first kappa shape index (κ1) is 18.2. The molecule has 1 aromatic rings. The van der Waals surface area contributed by atoms with E-state index in [4.69, 9.17) is 10.7 Å². The smallest absolute Gasteiger partial charge is 0.252 e. The van der Waals surface area contributed by atoms with Crippen molar-refractivity contribution in [3.63, 3.8) is 0 Å². The number of carbonyl (C=O) groups is 2. The number of hydrogen-bond donors (Lipinski definition) is 1. The maximum atomic E-state index is 12.2. The Hall–Kier alpha value is -2.15. The summed E-state index contributed by atoms with van der Waals surface area (Å²) in [6, 6.07) is 1.96. The normalized spacial score (nSPS) is 26.4. The first-order chi connectivity index (χ1) is 12.9. The predicted octanol–water partition coefficient (Wildman–Crippen LogP) is 0.802. The second-order valence-electron chi connectivity index (χ2n) is 8.32. The Kier molecular flexibility index (Phi) is 4.58. The number of carbonyl (C=O) groups excluding carboxylic acids is 2. The zero-order valence-corrected chi connectivity index (χ0v) is 16.3. The minimum Gasteiger partial charge on any atom is -0.365 e. The van der Waals surface area contributed by atoms with Gasteiger partial charge >= 0.3 is 0 Å². The molecule has 1 atom stereocenters. The number of fused-ring (bicyclic) bond motifs is 1. The molecular weight excluding hydrogens is 342 g/mol. The molecule has 3 aliphatic rings. The van der Waals surface area contributed by atoms with Crippen molar-refractivity contribution in [2.24, 2.45) is 5.73 Å². The fourth-order valence-corrected chi connectivity index (χ4v) is 4.82. The lowest BCUT2D eigenvalue weighted by Gasteiger charge is -2.50. The minimum atomic E-state index is -0.407. The highest BCUT2D eigenvalue weighted by molar-refractivity contribution is 5.98. The van der Waals surface area contributed by atoms with Crippen LogP contribution in [0.25, 0.3) is 0 Å². The van der Waals surface area contributed by atoms with Gasteiger partial charge in [0.25, 0.3) is 5.91 Å². The van der Waals surface area contributed by atoms with Gasteiger partial charge in [-0.05, 0) is 50.8 Å². The van der Waals surface area contributed by atoms with E-state index in [0.717, 1.165) is 75.4 Å². The minimum absolute atomic E-state index is 0.0751. The average molecular weight is 371 g/mol. The van der Waals surface area contributed by atoms with Crippen LogP contribution in [-0.2, 0) is 17.6 Å². The molecule has 7 heteroatoms. The molecule has 2 saturated heterocycles. The molecule has 1 aliphatic carbocycles. The van der Waals surface area contributed by atoms with Crippen molar-refractivity contribution in [3.05, 3.63) is 22.9 Å². The number of nitrogens with two attached hydrogens (primary N) is 1. The monoisotopic (exact) mass is 371 g/mol. The van der Waals surface area contributed by atoms with Crippen LogP contribution in [0, 0.1) is 0 Å². The number of hydrogen-bond acceptors (Lipinski definition) is 5. The first-order valence-electron chi connectivity index (χ1n) is 9.92. The molecule has 1 aromatic heterocycles. The number of primary amides is 1. The van der Waals surface area contributed by atoms with Crippen molar-refractivity contribution in [3.8, 4) is 0 Å². The standard InChI is InChI=1S/C20H29N5O2/c1-23-9-8-20(7-6-17(23)26)13-25(11-10-24(20)2)19-15(18(21)27)12-14-4-3-5-16(14)22-19/h12H,3-11,13H2,1-2H3,(H2,21,27)/t20-/m1/s1. The summed E-state index contributed by atoms with van der Waals surface area (Å²) in [5.74, 6) is 0.543. The van der Waals surface area contributed by atoms with E-state index in [-0.39, 0.29) is 11.4 Å². The van der Waals surface area contributed by atoms with Crippen LogP contribution in [0.3, 0.4) is 0 Å². The van der Waals surface area contributed by atoms with Crippen molar-refractivity contribution in [1.29, 1.82) is 0 Å². The SMILES string of the molecule is CN1CC[C@]2(CCC1=O)CN(c1nc3c(cc1C(N)=O)CCC3)CCN2C. The Balaban J connectivity index is 1.67. The lowest BCUT2D eigenvalue weighted by atomic mass is 9.86. The zero-order valence-electron chi connectivity index (χ0n) is 16.3. The number of amides is 2. The Morgan fingerprint density at radius 1 is 1.15 bits per heavy atom. The van der Waals surface area contributed by atoms with E-state index < -0.39 is 5.91 Å². The Labute approximate surface area is 160 Å². The molecule has 27 heavy (non-hydrogen) atoms. The van der Waals surface area contributed by atoms with Crippen molar-refractivity contribution in [2.75, 3.05) is 45.2 Å². The molecule has 146 valence electrons. The summed E-state index contributed by atoms with van der Waals surface area (Å²) in [7, 11) is 4.04. The van der Waals surface area contributed by atoms with Gasteiger partial charge in [0.05, 0.1) is 5.56 Å². The lowest BCUT2D eigenvalue weighted by Crippen LogP contribution is -2.61. The van der Waals surface area contributed by atoms with Crippen LogP contribution in [-0.4, -0.2) is 72.4 Å². The molecule has 0 bridgehead atoms. The number of rotatable bonds is 2. The van der Waals surface area contributed by atoms with E-state index in [1.54, 1.807) is 0 Å². The van der Waals surface area contributed by atoms with E-state index in [2.05, 4.69) is 16.8 Å². The third-order valence-corrected chi connectivity index (χ3v) is 6.74. The third kappa shape index (κ3) is 3.18. The fourth-order valence-electron chi connectivity index (χ4n) is 4.82. The third-order valence-electron chi connectivity index (χ3n) is 6.74. The second-order valence-corrected chi connectivity index (χ2v) is 8.32. The summed E-state index contributed by atoms with van der Waals surface area (Å²) in [5.41, 5.74) is 8.45. The lowest BCUT2D eigenvalue weighted by molar-refractivity contribution is -0.129. The van der Waals surface area contributed by atoms with E-state index in [1.807, 2.05) is 18.0 Å². The summed E-state index contributed by atoms with van der Waals surface area (Å²) >= 11 is 0. The molecule has 3 heterocycles. The topological polar surface area (TPSA) is 82.8 Å². The molecule has 0 unspecified atom stereocenters. The predicted molar refractivity (Wildman–Crippen MR) is 104 cm³/mol. The van der Waals surface area contributed by atoms with Gasteiger partial charge in [-0.1, -0.05) is 0 Å². The van der Waals surface area contributed by atoms with E-state index in [1.165, 1.54) is 0 Å². The zero-order chi connectivity index (χ0) is 19.2. The Morgan fingerprint density at radius 3 is 2.74 bits per heavy atom. The summed E-state index contributed by atoms with van der Waals surface area (Å²) in [4.78, 5) is 35.7. The fraction of sp³-hybridized carbons (Fsp3) is 0.650. The number of piperazine rings is 1. The highest BCUT2D eigenvalue weighted by Gasteiger charge is 2.42. The van der Waals surface area contributed by atoms with Gasteiger partial charge in [0, 0.05) is 50.9 Å². The molecule has 0 saturated carbocycles. The van der Waals surface area contributed by atoms with E-state index in [0.29, 0.717) is 12.0 Å². The number of aryl methyl sites for hydroxylation is 2. The van der Waals surface area contributed by atoms with Crippen LogP contribution in [0.1, 0.15) is 47.3 Å². The van der Waals surface area contributed by atoms with Crippen LogP contribution >= 0.6 is 0 Å². The van der Waals surface area contributed by atoms with Gasteiger partial charge in [0.1, 0.15) is 5.82 Å². The van der Waals surface area contributed by atoms with Gasteiger partial charge in [0.2, 0.25) is 5.91 Å². The quantitative estimate of drug-likeness (QED) is 0.832. The molecule has 4 rings (SSSR count). The maximum Gasteiger partial charge on any atom is 0.252 e. The molecule has 0 aromatic carbocycles. The number of anilines is 1. The van der Waals surface area contributed by atoms with Gasteiger partial charge in [-0.3, -0.25) is 14.5 Å². The Bertz CT molecular complexity index is 780. The molecule has 2 amide bonds. The van der Waals surface area contributed by atoms with E-state index in [9.17, 15) is 9.59 Å². The van der Waals surface area contributed by atoms with E-state index >= 15 is 0 Å². The molecule has 2 aliphatic heterocycles. The summed E-state index contributed by atoms with van der Waals surface area (Å²) in [5, 5.41) is 0. The summed E-state index contributed by atoms with van der Waals surface area (Å²) in [6.07, 6.45) is 5.36. The summed E-state index contributed by atoms with van der Waals surface area (Å²) in [6.45, 7) is 3.23. The number of pyridine rings is 1. The van der Waals surface area contributed by atoms with Crippen LogP contribution in [0.4, 0.5) is 5.82 Å². The second kappa shape index (κ2) is 6.78. The molecule has 0 radical (unpaired) electrons. The van der Waals surface area contributed by atoms with Gasteiger partial charge in [0.15, 0.2) is 0 Å². The van der Waals surface area contributed by atoms with Gasteiger partial charge < -0.3 is 15.5 Å². The van der Waals surface area contributed by atoms with Crippen molar-refractivity contribution in [2.45, 2.75) is 44.1 Å².